The van der Waals surface area contributed by atoms with Gasteiger partial charge in [-0.05, 0) is 37.5 Å². The summed E-state index contributed by atoms with van der Waals surface area (Å²) in [6.45, 7) is 3.55. The third kappa shape index (κ3) is 5.03. The predicted octanol–water partition coefficient (Wildman–Crippen LogP) is 3.35. The maximum Gasteiger partial charge on any atom is 0.407 e. The van der Waals surface area contributed by atoms with Gasteiger partial charge in [0.25, 0.3) is 0 Å². The number of H-pyrrole nitrogens is 1. The fourth-order valence-electron chi connectivity index (χ4n) is 3.50. The van der Waals surface area contributed by atoms with Gasteiger partial charge in [-0.25, -0.2) is 4.79 Å². The predicted molar refractivity (Wildman–Crippen MR) is 114 cm³/mol. The van der Waals surface area contributed by atoms with E-state index in [9.17, 15) is 9.59 Å². The minimum absolute atomic E-state index is 0.232. The molecule has 0 radical (unpaired) electrons. The van der Waals surface area contributed by atoms with Crippen molar-refractivity contribution in [1.82, 2.24) is 10.3 Å². The monoisotopic (exact) mass is 393 g/mol. The molecule has 1 heterocycles. The third-order valence-corrected chi connectivity index (χ3v) is 5.16. The zero-order valence-corrected chi connectivity index (χ0v) is 16.8. The van der Waals surface area contributed by atoms with Gasteiger partial charge in [-0.1, -0.05) is 48.5 Å². The number of hydrogen-bond donors (Lipinski definition) is 3. The van der Waals surface area contributed by atoms with Crippen LogP contribution in [-0.2, 0) is 22.4 Å². The first-order valence-electron chi connectivity index (χ1n) is 9.71. The zero-order chi connectivity index (χ0) is 20.9. The highest BCUT2D eigenvalue weighted by Gasteiger charge is 2.39. The van der Waals surface area contributed by atoms with Gasteiger partial charge >= 0.3 is 6.09 Å². The minimum atomic E-state index is -1.17. The minimum Gasteiger partial charge on any atom is -0.441 e. The van der Waals surface area contributed by atoms with Gasteiger partial charge in [0.2, 0.25) is 0 Å². The first-order valence-corrected chi connectivity index (χ1v) is 9.71. The van der Waals surface area contributed by atoms with Crippen LogP contribution >= 0.6 is 0 Å². The first kappa shape index (κ1) is 20.6. The van der Waals surface area contributed by atoms with Crippen LogP contribution in [0.25, 0.3) is 10.9 Å². The van der Waals surface area contributed by atoms with Crippen molar-refractivity contribution in [3.8, 4) is 0 Å². The summed E-state index contributed by atoms with van der Waals surface area (Å²) in [7, 11) is 0. The average molecular weight is 393 g/mol. The highest BCUT2D eigenvalue weighted by atomic mass is 16.6. The molecule has 2 unspecified atom stereocenters. The van der Waals surface area contributed by atoms with E-state index in [4.69, 9.17) is 10.5 Å². The molecule has 4 N–H and O–H groups in total. The molecule has 0 spiro atoms. The van der Waals surface area contributed by atoms with Crippen LogP contribution in [-0.4, -0.2) is 35.0 Å². The van der Waals surface area contributed by atoms with Gasteiger partial charge in [-0.3, -0.25) is 4.79 Å². The molecule has 29 heavy (non-hydrogen) atoms. The summed E-state index contributed by atoms with van der Waals surface area (Å²) in [5.41, 5.74) is 8.03. The molecule has 152 valence electrons. The van der Waals surface area contributed by atoms with Gasteiger partial charge in [0.1, 0.15) is 11.6 Å². The maximum atomic E-state index is 12.5. The lowest BCUT2D eigenvalue weighted by atomic mass is 9.87. The number of hydrogen-bond acceptors (Lipinski definition) is 4. The first-order chi connectivity index (χ1) is 13.9. The summed E-state index contributed by atoms with van der Waals surface area (Å²) in [4.78, 5) is 27.7. The molecule has 0 aliphatic rings. The van der Waals surface area contributed by atoms with Crippen LogP contribution in [0.1, 0.15) is 25.0 Å². The molecule has 0 saturated carbocycles. The second-order valence-corrected chi connectivity index (χ2v) is 7.49. The van der Waals surface area contributed by atoms with Crippen LogP contribution < -0.4 is 11.1 Å². The van der Waals surface area contributed by atoms with Crippen LogP contribution in [0.3, 0.4) is 0 Å². The Bertz CT molecular complexity index is 983. The number of aromatic amines is 1. The van der Waals surface area contributed by atoms with Gasteiger partial charge in [-0.15, -0.1) is 0 Å². The van der Waals surface area contributed by atoms with Crippen molar-refractivity contribution in [1.29, 1.82) is 0 Å². The van der Waals surface area contributed by atoms with E-state index in [0.717, 1.165) is 22.0 Å². The lowest BCUT2D eigenvalue weighted by molar-refractivity contribution is -0.123. The SMILES string of the molecule is CC(=O)C(N)C(C)(Cc1c[nH]c2ccccc12)OC(=O)NCCc1ccccc1. The fraction of sp³-hybridized carbons (Fsp3) is 0.304. The summed E-state index contributed by atoms with van der Waals surface area (Å²) in [5, 5.41) is 3.78. The number of para-hydroxylation sites is 1. The van der Waals surface area contributed by atoms with Crippen molar-refractivity contribution in [3.63, 3.8) is 0 Å². The van der Waals surface area contributed by atoms with E-state index in [1.165, 1.54) is 6.92 Å². The number of benzene rings is 2. The van der Waals surface area contributed by atoms with Crippen LogP contribution in [0.5, 0.6) is 0 Å². The highest BCUT2D eigenvalue weighted by molar-refractivity contribution is 5.85. The van der Waals surface area contributed by atoms with Gasteiger partial charge < -0.3 is 20.8 Å². The summed E-state index contributed by atoms with van der Waals surface area (Å²) < 4.78 is 5.71. The molecule has 1 amide bonds. The summed E-state index contributed by atoms with van der Waals surface area (Å²) in [6.07, 6.45) is 2.30. The third-order valence-electron chi connectivity index (χ3n) is 5.16. The fourth-order valence-corrected chi connectivity index (χ4v) is 3.50. The molecule has 0 fully saturated rings. The molecule has 0 aliphatic heterocycles. The molecule has 0 aliphatic carbocycles. The molecule has 6 nitrogen and oxygen atoms in total. The van der Waals surface area contributed by atoms with Crippen molar-refractivity contribution in [3.05, 3.63) is 71.9 Å². The number of carbonyl (C=O) groups excluding carboxylic acids is 2. The number of rotatable bonds is 8. The maximum absolute atomic E-state index is 12.5. The quantitative estimate of drug-likeness (QED) is 0.547. The van der Waals surface area contributed by atoms with E-state index in [-0.39, 0.29) is 5.78 Å². The summed E-state index contributed by atoms with van der Waals surface area (Å²) in [6, 6.07) is 16.8. The van der Waals surface area contributed by atoms with E-state index >= 15 is 0 Å². The molecule has 0 bridgehead atoms. The molecule has 2 atom stereocenters. The number of carbonyl (C=O) groups is 2. The molecule has 3 rings (SSSR count). The van der Waals surface area contributed by atoms with E-state index in [1.807, 2.05) is 60.8 Å². The lowest BCUT2D eigenvalue weighted by Gasteiger charge is -2.33. The van der Waals surface area contributed by atoms with Crippen LogP contribution in [0.15, 0.2) is 60.8 Å². The van der Waals surface area contributed by atoms with Crippen LogP contribution in [0.4, 0.5) is 4.79 Å². The highest BCUT2D eigenvalue weighted by Crippen LogP contribution is 2.27. The van der Waals surface area contributed by atoms with Gasteiger partial charge in [-0.2, -0.15) is 0 Å². The average Bonchev–Trinajstić information content (AvgIpc) is 3.10. The molecular formula is C23H27N3O3. The number of amides is 1. The zero-order valence-electron chi connectivity index (χ0n) is 16.8. The van der Waals surface area contributed by atoms with Crippen LogP contribution in [0, 0.1) is 0 Å². The molecular weight excluding hydrogens is 366 g/mol. The second-order valence-electron chi connectivity index (χ2n) is 7.49. The number of alkyl carbamates (subject to hydrolysis) is 1. The van der Waals surface area contributed by atoms with Gasteiger partial charge in [0, 0.05) is 30.1 Å². The van der Waals surface area contributed by atoms with E-state index < -0.39 is 17.7 Å². The number of fused-ring (bicyclic) bond motifs is 1. The number of ether oxygens (including phenoxy) is 1. The van der Waals surface area contributed by atoms with Gasteiger partial charge in [0.15, 0.2) is 5.78 Å². The number of nitrogens with two attached hydrogens (primary N) is 1. The molecule has 3 aromatic rings. The van der Waals surface area contributed by atoms with Crippen molar-refractivity contribution in [2.45, 2.75) is 38.3 Å². The van der Waals surface area contributed by atoms with E-state index in [2.05, 4.69) is 10.3 Å². The molecule has 2 aromatic carbocycles. The topological polar surface area (TPSA) is 97.2 Å². The number of Topliss-reactive ketones (excluding diaryl/α,β-unsaturated/α-hetero) is 1. The van der Waals surface area contributed by atoms with Crippen molar-refractivity contribution in [2.75, 3.05) is 6.54 Å². The number of ketones is 1. The Kier molecular flexibility index (Phi) is 6.34. The summed E-state index contributed by atoms with van der Waals surface area (Å²) >= 11 is 0. The Morgan fingerprint density at radius 1 is 1.14 bits per heavy atom. The molecule has 0 saturated heterocycles. The Balaban J connectivity index is 1.70. The van der Waals surface area contributed by atoms with Crippen molar-refractivity contribution >= 4 is 22.8 Å². The number of nitrogens with one attached hydrogen (secondary N) is 2. The van der Waals surface area contributed by atoms with Crippen molar-refractivity contribution < 1.29 is 14.3 Å². The smallest absolute Gasteiger partial charge is 0.407 e. The second kappa shape index (κ2) is 8.92. The van der Waals surface area contributed by atoms with Gasteiger partial charge in [0.05, 0.1) is 0 Å². The normalized spacial score (nSPS) is 14.2. The standard InChI is InChI=1S/C23H27N3O3/c1-16(27)21(24)23(2,14-18-15-26-20-11-7-6-10-19(18)20)29-22(28)25-13-12-17-8-4-3-5-9-17/h3-11,15,21,26H,12-14,24H2,1-2H3,(H,25,28). The Labute approximate surface area is 170 Å². The summed E-state index contributed by atoms with van der Waals surface area (Å²) in [5.74, 6) is -0.232. The Hall–Kier alpha value is -3.12. The van der Waals surface area contributed by atoms with E-state index in [1.54, 1.807) is 6.92 Å². The lowest BCUT2D eigenvalue weighted by Crippen LogP contribution is -2.55. The van der Waals surface area contributed by atoms with E-state index in [0.29, 0.717) is 19.4 Å². The Morgan fingerprint density at radius 2 is 1.83 bits per heavy atom. The Morgan fingerprint density at radius 3 is 2.55 bits per heavy atom. The molecule has 6 heteroatoms. The van der Waals surface area contributed by atoms with Crippen molar-refractivity contribution in [2.24, 2.45) is 5.73 Å². The largest absolute Gasteiger partial charge is 0.441 e. The van der Waals surface area contributed by atoms with Crippen LogP contribution in [0.2, 0.25) is 0 Å². The molecule has 1 aromatic heterocycles. The number of aromatic nitrogens is 1.